The molecule has 0 radical (unpaired) electrons. The fourth-order valence-corrected chi connectivity index (χ4v) is 2.51. The van der Waals surface area contributed by atoms with E-state index in [1.165, 1.54) is 0 Å². The smallest absolute Gasteiger partial charge is 0.223 e. The molecule has 0 aliphatic carbocycles. The van der Waals surface area contributed by atoms with Crippen LogP contribution in [0.4, 0.5) is 0 Å². The fourth-order valence-electron chi connectivity index (χ4n) is 2.51. The molecule has 2 unspecified atom stereocenters. The summed E-state index contributed by atoms with van der Waals surface area (Å²) in [4.78, 5) is 12.2. The van der Waals surface area contributed by atoms with Crippen molar-refractivity contribution in [2.24, 2.45) is 11.8 Å². The number of amides is 1. The largest absolute Gasteiger partial charge is 0.459 e. The summed E-state index contributed by atoms with van der Waals surface area (Å²) >= 11 is 0. The van der Waals surface area contributed by atoms with Gasteiger partial charge in [0, 0.05) is 11.3 Å². The molecule has 1 amide bonds. The Hall–Kier alpha value is -1.52. The topological polar surface area (TPSA) is 54.3 Å². The number of furan rings is 1. The summed E-state index contributed by atoms with van der Waals surface area (Å²) in [6, 6.07) is 9.78. The van der Waals surface area contributed by atoms with Crippen molar-refractivity contribution in [2.45, 2.75) is 19.9 Å². The molecule has 1 fully saturated rings. The Kier molecular flexibility index (Phi) is 4.91. The maximum atomic E-state index is 12.2. The van der Waals surface area contributed by atoms with E-state index < -0.39 is 0 Å². The molecular formula is C16H21ClN2O2. The summed E-state index contributed by atoms with van der Waals surface area (Å²) in [6.45, 7) is 5.83. The molecule has 2 atom stereocenters. The Labute approximate surface area is 130 Å². The lowest BCUT2D eigenvalue weighted by atomic mass is 9.88. The quantitative estimate of drug-likeness (QED) is 0.913. The van der Waals surface area contributed by atoms with E-state index in [9.17, 15) is 4.79 Å². The molecule has 4 nitrogen and oxygen atoms in total. The Morgan fingerprint density at radius 1 is 1.33 bits per heavy atom. The van der Waals surface area contributed by atoms with Gasteiger partial charge in [-0.2, -0.15) is 0 Å². The first-order valence-corrected chi connectivity index (χ1v) is 7.14. The molecule has 1 saturated heterocycles. The minimum absolute atomic E-state index is 0. The second-order valence-corrected chi connectivity index (χ2v) is 5.62. The minimum atomic E-state index is -0.106. The van der Waals surface area contributed by atoms with Crippen molar-refractivity contribution in [3.05, 3.63) is 36.1 Å². The van der Waals surface area contributed by atoms with E-state index in [1.54, 1.807) is 0 Å². The fraction of sp³-hybridized carbons (Fsp3) is 0.438. The molecule has 1 aromatic carbocycles. The number of para-hydroxylation sites is 1. The van der Waals surface area contributed by atoms with Gasteiger partial charge in [0.15, 0.2) is 0 Å². The van der Waals surface area contributed by atoms with Crippen LogP contribution in [0.15, 0.2) is 34.7 Å². The first-order valence-electron chi connectivity index (χ1n) is 7.14. The number of carbonyl (C=O) groups is 1. The van der Waals surface area contributed by atoms with Crippen molar-refractivity contribution in [1.29, 1.82) is 0 Å². The molecule has 1 aliphatic heterocycles. The highest BCUT2D eigenvalue weighted by Gasteiger charge is 2.29. The Balaban J connectivity index is 0.00000161. The van der Waals surface area contributed by atoms with Crippen LogP contribution < -0.4 is 10.6 Å². The first-order chi connectivity index (χ1) is 9.65. The predicted octanol–water partition coefficient (Wildman–Crippen LogP) is 2.89. The number of benzene rings is 1. The zero-order chi connectivity index (χ0) is 14.1. The highest BCUT2D eigenvalue weighted by atomic mass is 35.5. The van der Waals surface area contributed by atoms with Crippen LogP contribution in [0.1, 0.15) is 25.6 Å². The normalized spacial score (nSPS) is 17.6. The van der Waals surface area contributed by atoms with E-state index in [2.05, 4.69) is 10.6 Å². The standard InChI is InChI=1S/C16H20N2O2.ClH/c1-10(13-8-17-9-13)16(19)18-11(2)15-7-12-5-3-4-6-14(12)20-15;/h3-7,10-11,13,17H,8-9H2,1-2H3,(H,18,19);1H. The third-order valence-electron chi connectivity index (χ3n) is 4.16. The Morgan fingerprint density at radius 2 is 2.05 bits per heavy atom. The van der Waals surface area contributed by atoms with Crippen molar-refractivity contribution >= 4 is 29.3 Å². The van der Waals surface area contributed by atoms with E-state index in [1.807, 2.05) is 44.2 Å². The molecule has 5 heteroatoms. The van der Waals surface area contributed by atoms with Crippen LogP contribution in [-0.4, -0.2) is 19.0 Å². The van der Waals surface area contributed by atoms with Gasteiger partial charge in [-0.15, -0.1) is 12.4 Å². The van der Waals surface area contributed by atoms with Gasteiger partial charge in [0.05, 0.1) is 6.04 Å². The average Bonchev–Trinajstić information content (AvgIpc) is 2.80. The molecule has 2 N–H and O–H groups in total. The highest BCUT2D eigenvalue weighted by Crippen LogP contribution is 2.24. The molecular weight excluding hydrogens is 288 g/mol. The number of rotatable bonds is 4. The zero-order valence-corrected chi connectivity index (χ0v) is 13.1. The van der Waals surface area contributed by atoms with Gasteiger partial charge in [0.25, 0.3) is 0 Å². The zero-order valence-electron chi connectivity index (χ0n) is 12.3. The monoisotopic (exact) mass is 308 g/mol. The Morgan fingerprint density at radius 3 is 2.67 bits per heavy atom. The van der Waals surface area contributed by atoms with Crippen LogP contribution >= 0.6 is 12.4 Å². The molecule has 0 bridgehead atoms. The van der Waals surface area contributed by atoms with Gasteiger partial charge in [0.2, 0.25) is 5.91 Å². The van der Waals surface area contributed by atoms with E-state index in [-0.39, 0.29) is 30.3 Å². The molecule has 1 aromatic heterocycles. The van der Waals surface area contributed by atoms with Crippen LogP contribution in [0, 0.1) is 11.8 Å². The maximum Gasteiger partial charge on any atom is 0.223 e. The van der Waals surface area contributed by atoms with E-state index in [4.69, 9.17) is 4.42 Å². The molecule has 21 heavy (non-hydrogen) atoms. The molecule has 114 valence electrons. The second kappa shape index (κ2) is 6.50. The molecule has 0 spiro atoms. The summed E-state index contributed by atoms with van der Waals surface area (Å²) < 4.78 is 5.78. The lowest BCUT2D eigenvalue weighted by Crippen LogP contribution is -2.49. The van der Waals surface area contributed by atoms with Gasteiger partial charge in [-0.05, 0) is 38.1 Å². The molecule has 0 saturated carbocycles. The summed E-state index contributed by atoms with van der Waals surface area (Å²) in [5.41, 5.74) is 0.861. The summed E-state index contributed by atoms with van der Waals surface area (Å²) in [7, 11) is 0. The van der Waals surface area contributed by atoms with Gasteiger partial charge in [-0.3, -0.25) is 4.79 Å². The SMILES string of the molecule is CC(NC(=O)C(C)C1CNC1)c1cc2ccccc2o1.Cl. The van der Waals surface area contributed by atoms with Crippen LogP contribution in [0.2, 0.25) is 0 Å². The predicted molar refractivity (Wildman–Crippen MR) is 85.5 cm³/mol. The summed E-state index contributed by atoms with van der Waals surface area (Å²) in [5.74, 6) is 1.41. The van der Waals surface area contributed by atoms with Crippen LogP contribution in [-0.2, 0) is 4.79 Å². The van der Waals surface area contributed by atoms with Crippen molar-refractivity contribution in [3.8, 4) is 0 Å². The number of hydrogen-bond donors (Lipinski definition) is 2. The Bertz CT molecular complexity index is 589. The van der Waals surface area contributed by atoms with Crippen molar-refractivity contribution < 1.29 is 9.21 Å². The number of halogens is 1. The van der Waals surface area contributed by atoms with E-state index in [0.29, 0.717) is 5.92 Å². The average molecular weight is 309 g/mol. The van der Waals surface area contributed by atoms with Crippen LogP contribution in [0.5, 0.6) is 0 Å². The number of fused-ring (bicyclic) bond motifs is 1. The lowest BCUT2D eigenvalue weighted by Gasteiger charge is -2.32. The van der Waals surface area contributed by atoms with Gasteiger partial charge in [-0.25, -0.2) is 0 Å². The highest BCUT2D eigenvalue weighted by molar-refractivity contribution is 5.85. The summed E-state index contributed by atoms with van der Waals surface area (Å²) in [5, 5.41) is 7.32. The summed E-state index contributed by atoms with van der Waals surface area (Å²) in [6.07, 6.45) is 0. The lowest BCUT2D eigenvalue weighted by molar-refractivity contribution is -0.127. The van der Waals surface area contributed by atoms with Crippen molar-refractivity contribution in [1.82, 2.24) is 10.6 Å². The molecule has 3 rings (SSSR count). The first kappa shape index (κ1) is 15.9. The number of hydrogen-bond acceptors (Lipinski definition) is 3. The second-order valence-electron chi connectivity index (χ2n) is 5.62. The third-order valence-corrected chi connectivity index (χ3v) is 4.16. The molecule has 2 aromatic rings. The minimum Gasteiger partial charge on any atom is -0.459 e. The van der Waals surface area contributed by atoms with Gasteiger partial charge in [-0.1, -0.05) is 25.1 Å². The van der Waals surface area contributed by atoms with Crippen molar-refractivity contribution in [3.63, 3.8) is 0 Å². The number of nitrogens with one attached hydrogen (secondary N) is 2. The van der Waals surface area contributed by atoms with Gasteiger partial charge in [0.1, 0.15) is 11.3 Å². The van der Waals surface area contributed by atoms with Gasteiger partial charge < -0.3 is 15.1 Å². The van der Waals surface area contributed by atoms with Crippen LogP contribution in [0.25, 0.3) is 11.0 Å². The van der Waals surface area contributed by atoms with E-state index in [0.717, 1.165) is 29.8 Å². The van der Waals surface area contributed by atoms with Crippen molar-refractivity contribution in [2.75, 3.05) is 13.1 Å². The van der Waals surface area contributed by atoms with Gasteiger partial charge >= 0.3 is 0 Å². The maximum absolute atomic E-state index is 12.2. The number of carbonyl (C=O) groups excluding carboxylic acids is 1. The van der Waals surface area contributed by atoms with Crippen LogP contribution in [0.3, 0.4) is 0 Å². The van der Waals surface area contributed by atoms with E-state index >= 15 is 0 Å². The molecule has 2 heterocycles. The third kappa shape index (κ3) is 3.22. The molecule has 1 aliphatic rings.